The van der Waals surface area contributed by atoms with Crippen molar-refractivity contribution in [1.29, 1.82) is 0 Å². The lowest BCUT2D eigenvalue weighted by Gasteiger charge is -2.15. The number of hydrogen-bond acceptors (Lipinski definition) is 7. The summed E-state index contributed by atoms with van der Waals surface area (Å²) in [7, 11) is 5.74. The minimum Gasteiger partial charge on any atom is -0.347 e. The number of anilines is 2. The molecule has 0 aliphatic heterocycles. The Morgan fingerprint density at radius 3 is 2.44 bits per heavy atom. The van der Waals surface area contributed by atoms with Crippen LogP contribution in [0.2, 0.25) is 0 Å². The maximum atomic E-state index is 13.7. The third kappa shape index (κ3) is 4.27. The average Bonchev–Trinajstić information content (AvgIpc) is 3.06. The summed E-state index contributed by atoms with van der Waals surface area (Å²) in [5, 5.41) is 9.95. The van der Waals surface area contributed by atoms with Crippen molar-refractivity contribution in [2.24, 2.45) is 0 Å². The van der Waals surface area contributed by atoms with Crippen LogP contribution in [-0.2, 0) is 13.0 Å². The highest BCUT2D eigenvalue weighted by Gasteiger charge is 2.12. The minimum absolute atomic E-state index is 0.217. The molecule has 0 fully saturated rings. The number of benzene rings is 1. The van der Waals surface area contributed by atoms with E-state index in [1.807, 2.05) is 37.0 Å². The summed E-state index contributed by atoms with van der Waals surface area (Å²) < 4.78 is 13.7. The van der Waals surface area contributed by atoms with Gasteiger partial charge in [-0.05, 0) is 11.6 Å². The Kier molecular flexibility index (Phi) is 5.18. The predicted octanol–water partition coefficient (Wildman–Crippen LogP) is 2.76. The maximum Gasteiger partial charge on any atom is 0.224 e. The normalized spacial score (nSPS) is 10.7. The summed E-state index contributed by atoms with van der Waals surface area (Å²) in [6.45, 7) is 0.627. The zero-order valence-corrected chi connectivity index (χ0v) is 15.2. The van der Waals surface area contributed by atoms with Gasteiger partial charge in [0.25, 0.3) is 0 Å². The van der Waals surface area contributed by atoms with Crippen LogP contribution in [0.15, 0.2) is 36.7 Å². The van der Waals surface area contributed by atoms with E-state index in [4.69, 9.17) is 0 Å². The monoisotopic (exact) mass is 358 g/mol. The summed E-state index contributed by atoms with van der Waals surface area (Å²) in [5.74, 6) is 0.459. The molecule has 0 aliphatic carbocycles. The molecule has 0 N–H and O–H groups in total. The standard InChI is InChI=1S/C17H19FN6S/c1-23(2)16-19-9-12(10-20-16)11-24(3)17-22-21-15(25-17)8-13-6-4-5-7-14(13)18/h4-7,9-10H,8,11H2,1-3H3. The molecule has 6 nitrogen and oxygen atoms in total. The van der Waals surface area contributed by atoms with Gasteiger partial charge < -0.3 is 9.80 Å². The molecule has 1 aromatic carbocycles. The first-order valence-corrected chi connectivity index (χ1v) is 8.59. The van der Waals surface area contributed by atoms with Gasteiger partial charge in [-0.3, -0.25) is 0 Å². The van der Waals surface area contributed by atoms with Crippen molar-refractivity contribution < 1.29 is 4.39 Å². The second kappa shape index (κ2) is 7.52. The number of nitrogens with zero attached hydrogens (tertiary/aromatic N) is 6. The molecule has 0 aliphatic rings. The first kappa shape index (κ1) is 17.2. The highest BCUT2D eigenvalue weighted by molar-refractivity contribution is 7.15. The van der Waals surface area contributed by atoms with E-state index in [0.29, 0.717) is 24.5 Å². The molecule has 0 unspecified atom stereocenters. The van der Waals surface area contributed by atoms with Crippen LogP contribution in [-0.4, -0.2) is 41.3 Å². The van der Waals surface area contributed by atoms with E-state index in [-0.39, 0.29) is 5.82 Å². The molecule has 130 valence electrons. The van der Waals surface area contributed by atoms with Gasteiger partial charge in [0.1, 0.15) is 10.8 Å². The minimum atomic E-state index is -0.217. The van der Waals surface area contributed by atoms with Crippen molar-refractivity contribution >= 4 is 22.4 Å². The molecule has 25 heavy (non-hydrogen) atoms. The second-order valence-corrected chi connectivity index (χ2v) is 6.93. The van der Waals surface area contributed by atoms with E-state index >= 15 is 0 Å². The fourth-order valence-corrected chi connectivity index (χ4v) is 3.10. The molecule has 0 atom stereocenters. The fourth-order valence-electron chi connectivity index (χ4n) is 2.28. The summed E-state index contributed by atoms with van der Waals surface area (Å²) in [6, 6.07) is 6.73. The van der Waals surface area contributed by atoms with Crippen LogP contribution in [0.25, 0.3) is 0 Å². The number of halogens is 1. The van der Waals surface area contributed by atoms with Gasteiger partial charge in [-0.25, -0.2) is 14.4 Å². The molecule has 0 radical (unpaired) electrons. The SMILES string of the molecule is CN(C)c1ncc(CN(C)c2nnc(Cc3ccccc3F)s2)cn1. The molecule has 8 heteroatoms. The summed E-state index contributed by atoms with van der Waals surface area (Å²) in [6.07, 6.45) is 4.05. The van der Waals surface area contributed by atoms with Crippen molar-refractivity contribution in [1.82, 2.24) is 20.2 Å². The van der Waals surface area contributed by atoms with Crippen LogP contribution in [0.3, 0.4) is 0 Å². The Morgan fingerprint density at radius 2 is 1.76 bits per heavy atom. The number of aromatic nitrogens is 4. The molecule has 0 saturated heterocycles. The molecule has 3 rings (SSSR count). The van der Waals surface area contributed by atoms with E-state index in [0.717, 1.165) is 15.7 Å². The smallest absolute Gasteiger partial charge is 0.224 e. The molecule has 3 aromatic rings. The lowest BCUT2D eigenvalue weighted by atomic mass is 10.1. The van der Waals surface area contributed by atoms with Crippen molar-refractivity contribution in [3.8, 4) is 0 Å². The molecule has 2 aromatic heterocycles. The van der Waals surface area contributed by atoms with Gasteiger partial charge in [0.2, 0.25) is 11.1 Å². The van der Waals surface area contributed by atoms with Gasteiger partial charge in [0, 0.05) is 52.1 Å². The second-order valence-electron chi connectivity index (χ2n) is 5.89. The summed E-state index contributed by atoms with van der Waals surface area (Å²) in [5.41, 5.74) is 1.61. The van der Waals surface area contributed by atoms with Crippen molar-refractivity contribution in [3.05, 3.63) is 58.6 Å². The topological polar surface area (TPSA) is 58.0 Å². The van der Waals surface area contributed by atoms with E-state index in [2.05, 4.69) is 20.2 Å². The Hall–Kier alpha value is -2.61. The van der Waals surface area contributed by atoms with Crippen LogP contribution in [0.1, 0.15) is 16.1 Å². The Bertz CT molecular complexity index is 833. The van der Waals surface area contributed by atoms with Crippen LogP contribution in [0.4, 0.5) is 15.5 Å². The van der Waals surface area contributed by atoms with Gasteiger partial charge in [-0.15, -0.1) is 10.2 Å². The number of hydrogen-bond donors (Lipinski definition) is 0. The van der Waals surface area contributed by atoms with Gasteiger partial charge in [-0.2, -0.15) is 0 Å². The molecular weight excluding hydrogens is 339 g/mol. The predicted molar refractivity (Wildman–Crippen MR) is 97.6 cm³/mol. The maximum absolute atomic E-state index is 13.7. The third-order valence-corrected chi connectivity index (χ3v) is 4.63. The van der Waals surface area contributed by atoms with Crippen LogP contribution in [0, 0.1) is 5.82 Å². The largest absolute Gasteiger partial charge is 0.347 e. The van der Waals surface area contributed by atoms with Crippen molar-refractivity contribution in [3.63, 3.8) is 0 Å². The molecule has 2 heterocycles. The van der Waals surface area contributed by atoms with Gasteiger partial charge in [-0.1, -0.05) is 29.5 Å². The fraction of sp³-hybridized carbons (Fsp3) is 0.294. The van der Waals surface area contributed by atoms with Crippen molar-refractivity contribution in [2.45, 2.75) is 13.0 Å². The van der Waals surface area contributed by atoms with E-state index in [9.17, 15) is 4.39 Å². The van der Waals surface area contributed by atoms with Crippen LogP contribution < -0.4 is 9.80 Å². The van der Waals surface area contributed by atoms with Gasteiger partial charge >= 0.3 is 0 Å². The third-order valence-electron chi connectivity index (χ3n) is 3.59. The zero-order valence-electron chi connectivity index (χ0n) is 14.3. The molecule has 0 amide bonds. The van der Waals surface area contributed by atoms with E-state index < -0.39 is 0 Å². The first-order valence-electron chi connectivity index (χ1n) is 7.78. The molecule has 0 bridgehead atoms. The molecule has 0 spiro atoms. The van der Waals surface area contributed by atoms with Crippen LogP contribution in [0.5, 0.6) is 0 Å². The Labute approximate surface area is 150 Å². The Balaban J connectivity index is 1.66. The zero-order chi connectivity index (χ0) is 17.8. The number of rotatable bonds is 6. The highest BCUT2D eigenvalue weighted by atomic mass is 32.1. The highest BCUT2D eigenvalue weighted by Crippen LogP contribution is 2.23. The lowest BCUT2D eigenvalue weighted by Crippen LogP contribution is -2.17. The quantitative estimate of drug-likeness (QED) is 0.675. The van der Waals surface area contributed by atoms with E-state index in [1.165, 1.54) is 17.4 Å². The summed E-state index contributed by atoms with van der Waals surface area (Å²) in [4.78, 5) is 12.5. The molecule has 0 saturated carbocycles. The Morgan fingerprint density at radius 1 is 1.04 bits per heavy atom. The average molecular weight is 358 g/mol. The van der Waals surface area contributed by atoms with Crippen LogP contribution >= 0.6 is 11.3 Å². The molecular formula is C17H19FN6S. The van der Waals surface area contributed by atoms with E-state index in [1.54, 1.807) is 24.5 Å². The van der Waals surface area contributed by atoms with Gasteiger partial charge in [0.15, 0.2) is 0 Å². The summed E-state index contributed by atoms with van der Waals surface area (Å²) >= 11 is 1.46. The van der Waals surface area contributed by atoms with Crippen molar-refractivity contribution in [2.75, 3.05) is 30.9 Å². The first-order chi connectivity index (χ1) is 12.0. The van der Waals surface area contributed by atoms with Gasteiger partial charge in [0.05, 0.1) is 0 Å². The lowest BCUT2D eigenvalue weighted by molar-refractivity contribution is 0.613.